The summed E-state index contributed by atoms with van der Waals surface area (Å²) in [5.41, 5.74) is 4.24. The van der Waals surface area contributed by atoms with Crippen molar-refractivity contribution in [1.29, 1.82) is 0 Å². The van der Waals surface area contributed by atoms with Gasteiger partial charge in [-0.25, -0.2) is 9.37 Å². The lowest BCUT2D eigenvalue weighted by Gasteiger charge is -2.32. The third-order valence-corrected chi connectivity index (χ3v) is 5.52. The number of H-pyrrole nitrogens is 1. The van der Waals surface area contributed by atoms with Gasteiger partial charge in [-0.2, -0.15) is 0 Å². The van der Waals surface area contributed by atoms with Gasteiger partial charge < -0.3 is 20.1 Å². The summed E-state index contributed by atoms with van der Waals surface area (Å²) < 4.78 is 13.7. The summed E-state index contributed by atoms with van der Waals surface area (Å²) in [5, 5.41) is 17.4. The number of amides is 1. The largest absolute Gasteiger partial charge is 0.508 e. The second-order valence-corrected chi connectivity index (χ2v) is 7.68. The smallest absolute Gasteiger partial charge is 0.290 e. The van der Waals surface area contributed by atoms with Crippen LogP contribution < -0.4 is 0 Å². The zero-order chi connectivity index (χ0) is 23.5. The summed E-state index contributed by atoms with van der Waals surface area (Å²) in [6.07, 6.45) is 1.63. The first-order chi connectivity index (χ1) is 15.9. The van der Waals surface area contributed by atoms with Crippen LogP contribution in [0.5, 0.6) is 5.75 Å². The Hall–Kier alpha value is -4.27. The number of aromatic hydroxyl groups is 1. The Balaban J connectivity index is 0.000000821. The number of fused-ring (bicyclic) bond motifs is 2. The Labute approximate surface area is 188 Å². The standard InChI is InChI=1S/C23H19FN4O2.CH2O2/c1-13-7-18(17-6-5-15(24)9-20(17)27-13)23(30)28-10-19(14-3-2-4-16(29)8-14)22-21(11-28)25-12-26-22;2-1-3/h2-9,12,19,29H,10-11H2,1H3,(H,25,26);1H,(H,2,3). The molecule has 1 aliphatic rings. The normalized spacial score (nSPS) is 14.8. The Morgan fingerprint density at radius 1 is 1.24 bits per heavy atom. The number of nitrogens with one attached hydrogen (secondary N) is 1. The highest BCUT2D eigenvalue weighted by Crippen LogP contribution is 2.34. The molecule has 4 aromatic rings. The van der Waals surface area contributed by atoms with Crippen LogP contribution >= 0.6 is 0 Å². The highest BCUT2D eigenvalue weighted by Gasteiger charge is 2.32. The van der Waals surface area contributed by atoms with E-state index in [4.69, 9.17) is 9.90 Å². The van der Waals surface area contributed by atoms with Crippen molar-refractivity contribution >= 4 is 23.3 Å². The van der Waals surface area contributed by atoms with Crippen LogP contribution in [-0.4, -0.2) is 49.0 Å². The molecule has 0 saturated heterocycles. The molecule has 33 heavy (non-hydrogen) atoms. The highest BCUT2D eigenvalue weighted by molar-refractivity contribution is 6.06. The van der Waals surface area contributed by atoms with E-state index in [0.29, 0.717) is 35.2 Å². The van der Waals surface area contributed by atoms with E-state index in [1.54, 1.807) is 48.5 Å². The van der Waals surface area contributed by atoms with E-state index in [1.807, 2.05) is 6.07 Å². The molecular weight excluding hydrogens is 427 g/mol. The van der Waals surface area contributed by atoms with Gasteiger partial charge >= 0.3 is 0 Å². The van der Waals surface area contributed by atoms with Crippen molar-refractivity contribution in [2.45, 2.75) is 19.4 Å². The van der Waals surface area contributed by atoms with E-state index in [1.165, 1.54) is 12.1 Å². The molecule has 0 spiro atoms. The number of benzene rings is 2. The van der Waals surface area contributed by atoms with Crippen molar-refractivity contribution < 1.29 is 24.2 Å². The van der Waals surface area contributed by atoms with Crippen LogP contribution in [0, 0.1) is 12.7 Å². The number of nitrogens with zero attached hydrogens (tertiary/aromatic N) is 3. The van der Waals surface area contributed by atoms with Gasteiger partial charge in [0.05, 0.1) is 35.3 Å². The lowest BCUT2D eigenvalue weighted by molar-refractivity contribution is -0.122. The molecule has 0 saturated carbocycles. The lowest BCUT2D eigenvalue weighted by atomic mass is 9.90. The second-order valence-electron chi connectivity index (χ2n) is 7.68. The van der Waals surface area contributed by atoms with Gasteiger partial charge in [-0.1, -0.05) is 12.1 Å². The number of aromatic amines is 1. The summed E-state index contributed by atoms with van der Waals surface area (Å²) in [6, 6.07) is 13.1. The van der Waals surface area contributed by atoms with Gasteiger partial charge in [-0.15, -0.1) is 0 Å². The summed E-state index contributed by atoms with van der Waals surface area (Å²) in [5.74, 6) is -0.529. The molecule has 1 atom stereocenters. The van der Waals surface area contributed by atoms with Crippen LogP contribution in [0.15, 0.2) is 54.9 Å². The number of carbonyl (C=O) groups excluding carboxylic acids is 1. The monoisotopic (exact) mass is 448 g/mol. The van der Waals surface area contributed by atoms with E-state index in [9.17, 15) is 14.3 Å². The molecule has 2 aromatic heterocycles. The minimum Gasteiger partial charge on any atom is -0.508 e. The van der Waals surface area contributed by atoms with Gasteiger partial charge in [0.1, 0.15) is 11.6 Å². The number of pyridine rings is 1. The Bertz CT molecular complexity index is 1330. The first-order valence-electron chi connectivity index (χ1n) is 10.2. The van der Waals surface area contributed by atoms with E-state index in [0.717, 1.165) is 17.0 Å². The van der Waals surface area contributed by atoms with Gasteiger partial charge in [0.25, 0.3) is 12.4 Å². The van der Waals surface area contributed by atoms with Crippen molar-refractivity contribution in [3.63, 3.8) is 0 Å². The van der Waals surface area contributed by atoms with Crippen molar-refractivity contribution in [3.8, 4) is 5.75 Å². The predicted molar refractivity (Wildman–Crippen MR) is 118 cm³/mol. The molecule has 2 aromatic carbocycles. The molecule has 0 fully saturated rings. The fourth-order valence-corrected chi connectivity index (χ4v) is 4.16. The molecule has 0 bridgehead atoms. The van der Waals surface area contributed by atoms with Gasteiger partial charge in [-0.05, 0) is 42.8 Å². The average molecular weight is 448 g/mol. The number of imidazole rings is 1. The molecule has 3 N–H and O–H groups in total. The van der Waals surface area contributed by atoms with Gasteiger partial charge in [0.2, 0.25) is 0 Å². The molecule has 9 heteroatoms. The number of phenols is 1. The Kier molecular flexibility index (Phi) is 6.03. The number of carboxylic acid groups (broad SMARTS) is 1. The Morgan fingerprint density at radius 3 is 2.79 bits per heavy atom. The molecule has 1 aliphatic heterocycles. The number of aryl methyl sites for hydroxylation is 1. The van der Waals surface area contributed by atoms with Crippen molar-refractivity contribution in [1.82, 2.24) is 19.9 Å². The maximum Gasteiger partial charge on any atom is 0.290 e. The molecule has 0 aliphatic carbocycles. The minimum atomic E-state index is -0.386. The molecule has 0 radical (unpaired) electrons. The van der Waals surface area contributed by atoms with Gasteiger partial charge in [0, 0.05) is 29.6 Å². The third kappa shape index (κ3) is 4.38. The van der Waals surface area contributed by atoms with E-state index in [2.05, 4.69) is 15.0 Å². The molecule has 1 unspecified atom stereocenters. The number of aromatic nitrogens is 3. The highest BCUT2D eigenvalue weighted by atomic mass is 19.1. The molecule has 8 nitrogen and oxygen atoms in total. The number of halogens is 1. The minimum absolute atomic E-state index is 0.150. The molecular formula is C24H21FN4O4. The van der Waals surface area contributed by atoms with Crippen LogP contribution in [0.4, 0.5) is 4.39 Å². The number of rotatable bonds is 2. The zero-order valence-electron chi connectivity index (χ0n) is 17.7. The molecule has 168 valence electrons. The third-order valence-electron chi connectivity index (χ3n) is 5.52. The molecule has 1 amide bonds. The molecule has 3 heterocycles. The summed E-state index contributed by atoms with van der Waals surface area (Å²) in [7, 11) is 0. The average Bonchev–Trinajstić information content (AvgIpc) is 3.26. The number of hydrogen-bond acceptors (Lipinski definition) is 5. The molecule has 5 rings (SSSR count). The first-order valence-corrected chi connectivity index (χ1v) is 10.2. The maximum absolute atomic E-state index is 13.7. The van der Waals surface area contributed by atoms with Crippen LogP contribution in [-0.2, 0) is 11.3 Å². The first kappa shape index (κ1) is 21.9. The fraction of sp³-hybridized carbons (Fsp3) is 0.167. The van der Waals surface area contributed by atoms with Crippen LogP contribution in [0.2, 0.25) is 0 Å². The zero-order valence-corrected chi connectivity index (χ0v) is 17.7. The van der Waals surface area contributed by atoms with Crippen LogP contribution in [0.3, 0.4) is 0 Å². The Morgan fingerprint density at radius 2 is 2.03 bits per heavy atom. The number of carbonyl (C=O) groups is 2. The van der Waals surface area contributed by atoms with Crippen LogP contribution in [0.25, 0.3) is 10.9 Å². The SMILES string of the molecule is Cc1cc(C(=O)N2Cc3[nH]cnc3C(c3cccc(O)c3)C2)c2ccc(F)cc2n1.O=CO. The van der Waals surface area contributed by atoms with E-state index >= 15 is 0 Å². The summed E-state index contributed by atoms with van der Waals surface area (Å²) in [4.78, 5) is 35.6. The van der Waals surface area contributed by atoms with Gasteiger partial charge in [0.15, 0.2) is 0 Å². The number of phenolic OH excluding ortho intramolecular Hbond substituents is 1. The lowest BCUT2D eigenvalue weighted by Crippen LogP contribution is -2.39. The fourth-order valence-electron chi connectivity index (χ4n) is 4.16. The van der Waals surface area contributed by atoms with Crippen molar-refractivity contribution in [2.24, 2.45) is 0 Å². The van der Waals surface area contributed by atoms with E-state index in [-0.39, 0.29) is 29.9 Å². The van der Waals surface area contributed by atoms with Crippen molar-refractivity contribution in [3.05, 3.63) is 88.9 Å². The summed E-state index contributed by atoms with van der Waals surface area (Å²) in [6.45, 7) is 2.36. The van der Waals surface area contributed by atoms with Crippen molar-refractivity contribution in [2.75, 3.05) is 6.54 Å². The quantitative estimate of drug-likeness (QED) is 0.403. The second kappa shape index (κ2) is 9.07. The summed E-state index contributed by atoms with van der Waals surface area (Å²) >= 11 is 0. The van der Waals surface area contributed by atoms with Crippen LogP contribution in [0.1, 0.15) is 38.9 Å². The maximum atomic E-state index is 13.7. The van der Waals surface area contributed by atoms with E-state index < -0.39 is 0 Å². The number of hydrogen-bond donors (Lipinski definition) is 3. The van der Waals surface area contributed by atoms with Gasteiger partial charge in [-0.3, -0.25) is 14.6 Å². The topological polar surface area (TPSA) is 119 Å². The predicted octanol–water partition coefficient (Wildman–Crippen LogP) is 3.60.